The van der Waals surface area contributed by atoms with Crippen LogP contribution in [-0.4, -0.2) is 79.3 Å². The maximum atomic E-state index is 14.9. The third kappa shape index (κ3) is 10.6. The predicted octanol–water partition coefficient (Wildman–Crippen LogP) is -1.30. The molecule has 0 spiro atoms. The number of carbonyl (C=O) groups is 3. The molecule has 2 aliphatic rings. The number of benzene rings is 5. The summed E-state index contributed by atoms with van der Waals surface area (Å²) in [5.74, 6) is -0.854. The minimum absolute atomic E-state index is 0. The van der Waals surface area contributed by atoms with E-state index >= 15 is 0 Å². The number of fused-ring (bicyclic) bond motifs is 2. The quantitative estimate of drug-likeness (QED) is 0.0845. The van der Waals surface area contributed by atoms with E-state index in [0.29, 0.717) is 12.1 Å². The molecule has 1 N–H and O–H groups in total. The number of phosphoric acid groups is 1. The number of rotatable bonds is 13. The van der Waals surface area contributed by atoms with Crippen LogP contribution in [0.5, 0.6) is 5.75 Å². The molecule has 14 nitrogen and oxygen atoms in total. The number of carbonyl (C=O) groups excluding carboxylic acids is 3. The second-order valence-electron chi connectivity index (χ2n) is 14.7. The SMILES string of the molecule is C=CCN1CC(=O)N2[C@@H](Cc3ccc(OP(=O)([O-])[O-])cc3)C(=O)N(Cc3cccc4c(-c5ccccc5)nn(Cc5ccccc5)c34)C[C@@H]2N1C(=O)NCc1ccccc1.[Na+].[Na+]. The van der Waals surface area contributed by atoms with Crippen molar-refractivity contribution in [3.8, 4) is 17.0 Å². The number of hydrogen-bond acceptors (Lipinski definition) is 9. The predicted molar refractivity (Wildman–Crippen MR) is 221 cm³/mol. The minimum Gasteiger partial charge on any atom is -0.780 e. The van der Waals surface area contributed by atoms with Crippen LogP contribution >= 0.6 is 7.82 Å². The summed E-state index contributed by atoms with van der Waals surface area (Å²) in [7, 11) is -5.30. The van der Waals surface area contributed by atoms with E-state index in [1.165, 1.54) is 22.0 Å². The van der Waals surface area contributed by atoms with Gasteiger partial charge in [0.15, 0.2) is 0 Å². The summed E-state index contributed by atoms with van der Waals surface area (Å²) in [6.07, 6.45) is 0.737. The first-order valence-corrected chi connectivity index (χ1v) is 21.0. The Hall–Kier alpha value is -4.57. The van der Waals surface area contributed by atoms with E-state index in [2.05, 4.69) is 16.4 Å². The molecule has 2 atom stereocenters. The number of nitrogens with zero attached hydrogens (tertiary/aromatic N) is 6. The van der Waals surface area contributed by atoms with Crippen LogP contribution < -0.4 is 78.7 Å². The number of phosphoric ester groups is 1. The van der Waals surface area contributed by atoms with Gasteiger partial charge in [-0.25, -0.2) is 14.8 Å². The molecule has 0 aliphatic carbocycles. The van der Waals surface area contributed by atoms with Gasteiger partial charge in [0.25, 0.3) is 0 Å². The first-order chi connectivity index (χ1) is 29.1. The molecule has 5 aromatic carbocycles. The van der Waals surface area contributed by atoms with Gasteiger partial charge < -0.3 is 34.0 Å². The Kier molecular flexibility index (Phi) is 15.7. The molecular weight excluding hydrogens is 827 g/mol. The standard InChI is InChI=1S/C45H44N7O7P.2Na/c1-2-25-49-31-41(53)51-39(26-32-21-23-37(24-22-32)59-60(56,57)58)44(54)48(30-40(51)52(49)45(55)46-27-33-13-6-3-7-14-33)29-36-19-12-20-38-42(35-17-10-5-11-18-35)47-50(43(36)38)28-34-15-8-4-9-16-34;;/h2-24,39-40H,1,25-31H2,(H,46,55)(H2,56,57,58);;/q;2*+1/p-2/t39-,40-;;/m0../s1. The monoisotopic (exact) mass is 869 g/mol. The van der Waals surface area contributed by atoms with Gasteiger partial charge in [0.05, 0.1) is 25.2 Å². The number of hydrazine groups is 1. The molecule has 17 heteroatoms. The van der Waals surface area contributed by atoms with Crippen LogP contribution in [0.25, 0.3) is 22.2 Å². The van der Waals surface area contributed by atoms with Gasteiger partial charge in [0.2, 0.25) is 11.8 Å². The third-order valence-corrected chi connectivity index (χ3v) is 11.1. The number of hydrogen-bond donors (Lipinski definition) is 1. The van der Waals surface area contributed by atoms with E-state index in [1.54, 1.807) is 28.1 Å². The number of nitrogens with one attached hydrogen (secondary N) is 1. The van der Waals surface area contributed by atoms with Crippen molar-refractivity contribution < 1.29 is 92.4 Å². The normalized spacial score (nSPS) is 16.6. The number of aromatic nitrogens is 2. The molecule has 0 radical (unpaired) electrons. The maximum absolute atomic E-state index is 14.9. The van der Waals surface area contributed by atoms with Crippen LogP contribution in [0.15, 0.2) is 146 Å². The van der Waals surface area contributed by atoms with Crippen LogP contribution in [0.1, 0.15) is 22.3 Å². The number of piperazine rings is 1. The molecule has 62 heavy (non-hydrogen) atoms. The van der Waals surface area contributed by atoms with Crippen molar-refractivity contribution >= 4 is 36.6 Å². The zero-order valence-corrected chi connectivity index (χ0v) is 39.5. The Morgan fingerprint density at radius 3 is 2.11 bits per heavy atom. The Morgan fingerprint density at radius 2 is 1.47 bits per heavy atom. The third-order valence-electron chi connectivity index (χ3n) is 10.7. The van der Waals surface area contributed by atoms with Crippen molar-refractivity contribution in [1.29, 1.82) is 0 Å². The largest absolute Gasteiger partial charge is 1.00 e. The molecule has 2 saturated heterocycles. The molecule has 1 aromatic heterocycles. The molecule has 0 bridgehead atoms. The van der Waals surface area contributed by atoms with Crippen molar-refractivity contribution in [2.75, 3.05) is 19.6 Å². The fraction of sp³-hybridized carbons (Fsp3) is 0.200. The molecule has 6 aromatic rings. The van der Waals surface area contributed by atoms with Crippen LogP contribution in [0.2, 0.25) is 0 Å². The van der Waals surface area contributed by atoms with E-state index in [0.717, 1.165) is 38.9 Å². The van der Waals surface area contributed by atoms with Crippen molar-refractivity contribution in [1.82, 2.24) is 34.9 Å². The van der Waals surface area contributed by atoms with Gasteiger partial charge in [-0.15, -0.1) is 6.58 Å². The maximum Gasteiger partial charge on any atom is 1.00 e. The first-order valence-electron chi connectivity index (χ1n) is 19.5. The zero-order valence-electron chi connectivity index (χ0n) is 34.6. The second kappa shape index (κ2) is 20.7. The summed E-state index contributed by atoms with van der Waals surface area (Å²) in [6.45, 7) is 4.73. The average Bonchev–Trinajstić information content (AvgIpc) is 3.61. The van der Waals surface area contributed by atoms with E-state index in [9.17, 15) is 28.7 Å². The van der Waals surface area contributed by atoms with E-state index in [4.69, 9.17) is 5.10 Å². The summed E-state index contributed by atoms with van der Waals surface area (Å²) in [4.78, 5) is 69.2. The van der Waals surface area contributed by atoms with E-state index < -0.39 is 26.1 Å². The van der Waals surface area contributed by atoms with Gasteiger partial charge in [-0.2, -0.15) is 5.10 Å². The summed E-state index contributed by atoms with van der Waals surface area (Å²) in [5, 5.41) is 12.2. The van der Waals surface area contributed by atoms with E-state index in [1.807, 2.05) is 114 Å². The van der Waals surface area contributed by atoms with Crippen LogP contribution in [0.4, 0.5) is 4.79 Å². The summed E-state index contributed by atoms with van der Waals surface area (Å²) < 4.78 is 17.8. The van der Waals surface area contributed by atoms with Gasteiger partial charge in [0.1, 0.15) is 31.5 Å². The molecule has 306 valence electrons. The fourth-order valence-electron chi connectivity index (χ4n) is 8.06. The number of amides is 4. The molecule has 0 saturated carbocycles. The summed E-state index contributed by atoms with van der Waals surface area (Å²) >= 11 is 0. The van der Waals surface area contributed by atoms with Crippen LogP contribution in [0.3, 0.4) is 0 Å². The molecule has 4 amide bonds. The van der Waals surface area contributed by atoms with Crippen molar-refractivity contribution in [3.63, 3.8) is 0 Å². The average molecular weight is 870 g/mol. The summed E-state index contributed by atoms with van der Waals surface area (Å²) in [5.41, 5.74) is 5.93. The molecule has 2 aliphatic heterocycles. The van der Waals surface area contributed by atoms with Crippen molar-refractivity contribution in [2.45, 2.75) is 38.3 Å². The van der Waals surface area contributed by atoms with Gasteiger partial charge in [-0.3, -0.25) is 14.3 Å². The van der Waals surface area contributed by atoms with Crippen molar-refractivity contribution in [2.24, 2.45) is 0 Å². The molecule has 8 rings (SSSR count). The smallest absolute Gasteiger partial charge is 0.780 e. The Labute approximate surface area is 403 Å². The minimum atomic E-state index is -5.30. The zero-order chi connectivity index (χ0) is 41.8. The van der Waals surface area contributed by atoms with Gasteiger partial charge in [-0.05, 0) is 34.4 Å². The molecule has 0 unspecified atom stereocenters. The Morgan fingerprint density at radius 1 is 0.823 bits per heavy atom. The van der Waals surface area contributed by atoms with Gasteiger partial charge in [-0.1, -0.05) is 127 Å². The summed E-state index contributed by atoms with van der Waals surface area (Å²) in [6, 6.07) is 39.6. The number of para-hydroxylation sites is 1. The van der Waals surface area contributed by atoms with Crippen LogP contribution in [-0.2, 0) is 40.2 Å². The van der Waals surface area contributed by atoms with Crippen LogP contribution in [0, 0.1) is 0 Å². The topological polar surface area (TPSA) is 166 Å². The first kappa shape index (κ1) is 46.9. The fourth-order valence-corrected chi connectivity index (χ4v) is 8.44. The molecule has 3 heterocycles. The van der Waals surface area contributed by atoms with E-state index in [-0.39, 0.29) is 116 Å². The molecular formula is C45H42N7Na2O7P. The second-order valence-corrected chi connectivity index (χ2v) is 15.8. The van der Waals surface area contributed by atoms with Crippen molar-refractivity contribution in [3.05, 3.63) is 168 Å². The van der Waals surface area contributed by atoms with Gasteiger partial charge >= 0.3 is 65.1 Å². The Bertz CT molecular complexity index is 2560. The number of urea groups is 1. The van der Waals surface area contributed by atoms with Gasteiger partial charge in [0, 0.05) is 37.0 Å². The molecule has 2 fully saturated rings. The Balaban J connectivity index is 0.00000321.